The van der Waals surface area contributed by atoms with Gasteiger partial charge in [0.1, 0.15) is 5.15 Å². The minimum Gasteiger partial charge on any atom is -0.375 e. The number of piperidine rings is 1. The summed E-state index contributed by atoms with van der Waals surface area (Å²) < 4.78 is 34.5. The maximum absolute atomic E-state index is 12.9. The zero-order valence-corrected chi connectivity index (χ0v) is 13.6. The second-order valence-corrected chi connectivity index (χ2v) is 7.76. The van der Waals surface area contributed by atoms with Gasteiger partial charge in [0.25, 0.3) is 10.0 Å². The molecule has 3 rings (SSSR count). The molecule has 9 heteroatoms. The molecule has 0 N–H and O–H groups in total. The summed E-state index contributed by atoms with van der Waals surface area (Å²) in [5, 5.41) is 0.0720. The number of imidazole rings is 1. The minimum absolute atomic E-state index is 0.0489. The average molecular weight is 335 g/mol. The molecule has 118 valence electrons. The molecule has 0 amide bonds. The predicted octanol–water partition coefficient (Wildman–Crippen LogP) is 0.167. The van der Waals surface area contributed by atoms with Gasteiger partial charge in [-0.05, 0) is 13.5 Å². The summed E-state index contributed by atoms with van der Waals surface area (Å²) in [4.78, 5) is 6.09. The minimum atomic E-state index is -3.70. The van der Waals surface area contributed by atoms with E-state index in [0.717, 1.165) is 13.0 Å². The quantitative estimate of drug-likeness (QED) is 0.771. The van der Waals surface area contributed by atoms with E-state index in [0.29, 0.717) is 19.7 Å². The summed E-state index contributed by atoms with van der Waals surface area (Å²) in [6.07, 6.45) is 2.20. The van der Waals surface area contributed by atoms with E-state index in [1.807, 2.05) is 7.05 Å². The van der Waals surface area contributed by atoms with Gasteiger partial charge in [-0.25, -0.2) is 13.4 Å². The van der Waals surface area contributed by atoms with E-state index in [-0.39, 0.29) is 22.3 Å². The van der Waals surface area contributed by atoms with Crippen LogP contribution in [0.15, 0.2) is 11.4 Å². The summed E-state index contributed by atoms with van der Waals surface area (Å²) >= 11 is 6.07. The van der Waals surface area contributed by atoms with Gasteiger partial charge in [-0.1, -0.05) is 11.6 Å². The Morgan fingerprint density at radius 2 is 2.14 bits per heavy atom. The van der Waals surface area contributed by atoms with Gasteiger partial charge >= 0.3 is 0 Å². The fourth-order valence-corrected chi connectivity index (χ4v) is 4.99. The zero-order chi connectivity index (χ0) is 15.2. The number of rotatable bonds is 2. The molecule has 21 heavy (non-hydrogen) atoms. The van der Waals surface area contributed by atoms with Crippen molar-refractivity contribution in [2.75, 3.05) is 33.3 Å². The molecule has 2 aliphatic rings. The van der Waals surface area contributed by atoms with Crippen LogP contribution in [0.2, 0.25) is 5.15 Å². The Kier molecular flexibility index (Phi) is 4.00. The Labute approximate surface area is 129 Å². The van der Waals surface area contributed by atoms with Crippen LogP contribution in [0.5, 0.6) is 0 Å². The van der Waals surface area contributed by atoms with Gasteiger partial charge in [0, 0.05) is 26.7 Å². The molecule has 2 fully saturated rings. The van der Waals surface area contributed by atoms with E-state index in [1.165, 1.54) is 15.2 Å². The van der Waals surface area contributed by atoms with Crippen molar-refractivity contribution < 1.29 is 13.2 Å². The fraction of sp³-hybridized carbons (Fsp3) is 0.750. The molecule has 3 heterocycles. The molecule has 2 saturated heterocycles. The molecule has 1 aromatic heterocycles. The van der Waals surface area contributed by atoms with Crippen LogP contribution in [-0.2, 0) is 21.8 Å². The van der Waals surface area contributed by atoms with Crippen molar-refractivity contribution in [2.45, 2.75) is 23.6 Å². The lowest BCUT2D eigenvalue weighted by atomic mass is 10.0. The van der Waals surface area contributed by atoms with Crippen molar-refractivity contribution in [2.24, 2.45) is 7.05 Å². The SMILES string of the molecule is CN1CCC2OCCN(S(=O)(=O)c3ncn(C)c3Cl)C2C1. The van der Waals surface area contributed by atoms with Crippen LogP contribution in [0.3, 0.4) is 0 Å². The maximum Gasteiger partial charge on any atom is 0.264 e. The number of halogens is 1. The molecular weight excluding hydrogens is 316 g/mol. The molecule has 0 aliphatic carbocycles. The Hall–Kier alpha value is -0.670. The Morgan fingerprint density at radius 3 is 2.81 bits per heavy atom. The van der Waals surface area contributed by atoms with Crippen molar-refractivity contribution in [3.63, 3.8) is 0 Å². The molecule has 2 aliphatic heterocycles. The van der Waals surface area contributed by atoms with Crippen molar-refractivity contribution in [1.82, 2.24) is 18.8 Å². The second-order valence-electron chi connectivity index (χ2n) is 5.59. The summed E-state index contributed by atoms with van der Waals surface area (Å²) in [5.74, 6) is 0. The van der Waals surface area contributed by atoms with Crippen molar-refractivity contribution in [3.05, 3.63) is 11.5 Å². The highest BCUT2D eigenvalue weighted by Crippen LogP contribution is 2.30. The highest BCUT2D eigenvalue weighted by Gasteiger charge is 2.43. The van der Waals surface area contributed by atoms with Crippen LogP contribution >= 0.6 is 11.6 Å². The smallest absolute Gasteiger partial charge is 0.264 e. The first kappa shape index (κ1) is 15.2. The lowest BCUT2D eigenvalue weighted by Gasteiger charge is -2.45. The molecule has 0 aromatic carbocycles. The monoisotopic (exact) mass is 334 g/mol. The Morgan fingerprint density at radius 1 is 1.38 bits per heavy atom. The largest absolute Gasteiger partial charge is 0.375 e. The van der Waals surface area contributed by atoms with Crippen LogP contribution in [-0.4, -0.2) is 72.6 Å². The van der Waals surface area contributed by atoms with Gasteiger partial charge in [-0.3, -0.25) is 0 Å². The van der Waals surface area contributed by atoms with Gasteiger partial charge in [0.05, 0.1) is 25.1 Å². The van der Waals surface area contributed by atoms with Gasteiger partial charge in [-0.2, -0.15) is 4.31 Å². The van der Waals surface area contributed by atoms with Crippen LogP contribution in [0.1, 0.15) is 6.42 Å². The number of nitrogens with zero attached hydrogens (tertiary/aromatic N) is 4. The van der Waals surface area contributed by atoms with Crippen LogP contribution in [0, 0.1) is 0 Å². The number of likely N-dealkylation sites (N-methyl/N-ethyl adjacent to an activating group) is 1. The molecule has 0 bridgehead atoms. The average Bonchev–Trinajstić information content (AvgIpc) is 2.78. The number of aromatic nitrogens is 2. The van der Waals surface area contributed by atoms with E-state index in [2.05, 4.69) is 9.88 Å². The van der Waals surface area contributed by atoms with Crippen molar-refractivity contribution in [1.29, 1.82) is 0 Å². The zero-order valence-electron chi connectivity index (χ0n) is 12.1. The fourth-order valence-electron chi connectivity index (χ4n) is 2.98. The number of likely N-dealkylation sites (tertiary alicyclic amines) is 1. The highest BCUT2D eigenvalue weighted by atomic mass is 35.5. The second kappa shape index (κ2) is 5.51. The Balaban J connectivity index is 1.95. The summed E-state index contributed by atoms with van der Waals surface area (Å²) in [6, 6.07) is -0.180. The van der Waals surface area contributed by atoms with Gasteiger partial charge in [0.2, 0.25) is 5.03 Å². The number of morpholine rings is 1. The van der Waals surface area contributed by atoms with Crippen LogP contribution < -0.4 is 0 Å². The first-order valence-corrected chi connectivity index (χ1v) is 8.72. The third-order valence-electron chi connectivity index (χ3n) is 4.12. The number of hydrogen-bond acceptors (Lipinski definition) is 5. The van der Waals surface area contributed by atoms with Crippen LogP contribution in [0.25, 0.3) is 0 Å². The number of fused-ring (bicyclic) bond motifs is 1. The molecular formula is C12H19ClN4O3S. The summed E-state index contributed by atoms with van der Waals surface area (Å²) in [5.41, 5.74) is 0. The molecule has 2 atom stereocenters. The molecule has 7 nitrogen and oxygen atoms in total. The normalized spacial score (nSPS) is 28.5. The van der Waals surface area contributed by atoms with E-state index in [9.17, 15) is 8.42 Å². The van der Waals surface area contributed by atoms with Gasteiger partial charge < -0.3 is 14.2 Å². The molecule has 2 unspecified atom stereocenters. The topological polar surface area (TPSA) is 67.7 Å². The van der Waals surface area contributed by atoms with Gasteiger partial charge in [-0.15, -0.1) is 0 Å². The number of hydrogen-bond donors (Lipinski definition) is 0. The maximum atomic E-state index is 12.9. The highest BCUT2D eigenvalue weighted by molar-refractivity contribution is 7.89. The third-order valence-corrected chi connectivity index (χ3v) is 6.54. The third kappa shape index (κ3) is 2.59. The molecule has 1 aromatic rings. The van der Waals surface area contributed by atoms with Crippen molar-refractivity contribution in [3.8, 4) is 0 Å². The lowest BCUT2D eigenvalue weighted by molar-refractivity contribution is -0.0720. The summed E-state index contributed by atoms with van der Waals surface area (Å²) in [7, 11) is -0.0420. The summed E-state index contributed by atoms with van der Waals surface area (Å²) in [6.45, 7) is 2.33. The van der Waals surface area contributed by atoms with E-state index in [1.54, 1.807) is 7.05 Å². The van der Waals surface area contributed by atoms with E-state index >= 15 is 0 Å². The van der Waals surface area contributed by atoms with Crippen molar-refractivity contribution >= 4 is 21.6 Å². The predicted molar refractivity (Wildman–Crippen MR) is 77.8 cm³/mol. The first-order valence-electron chi connectivity index (χ1n) is 6.90. The van der Waals surface area contributed by atoms with Crippen LogP contribution in [0.4, 0.5) is 0 Å². The number of sulfonamides is 1. The lowest BCUT2D eigenvalue weighted by Crippen LogP contribution is -2.60. The Bertz CT molecular complexity index is 632. The van der Waals surface area contributed by atoms with E-state index in [4.69, 9.17) is 16.3 Å². The van der Waals surface area contributed by atoms with Gasteiger partial charge in [0.15, 0.2) is 0 Å². The molecule has 0 radical (unpaired) electrons. The molecule has 0 saturated carbocycles. The first-order chi connectivity index (χ1) is 9.91. The van der Waals surface area contributed by atoms with E-state index < -0.39 is 10.0 Å². The number of ether oxygens (including phenoxy) is 1. The standard InChI is InChI=1S/C12H19ClN4O3S/c1-15-4-3-10-9(7-15)17(5-6-20-10)21(18,19)12-11(13)16(2)8-14-12/h8-10H,3-7H2,1-2H3. The number of aryl methyl sites for hydroxylation is 1. The molecule has 0 spiro atoms.